The lowest BCUT2D eigenvalue weighted by atomic mass is 10.1. The summed E-state index contributed by atoms with van der Waals surface area (Å²) >= 11 is 0. The minimum atomic E-state index is 0.0174. The van der Waals surface area contributed by atoms with Crippen LogP contribution >= 0.6 is 0 Å². The Hall–Kier alpha value is -1.51. The molecular formula is C13H18N2O. The van der Waals surface area contributed by atoms with Crippen LogP contribution in [-0.4, -0.2) is 9.55 Å². The lowest BCUT2D eigenvalue weighted by Crippen LogP contribution is -2.12. The van der Waals surface area contributed by atoms with Gasteiger partial charge in [0, 0.05) is 23.8 Å². The van der Waals surface area contributed by atoms with Gasteiger partial charge in [-0.1, -0.05) is 13.8 Å². The van der Waals surface area contributed by atoms with E-state index in [-0.39, 0.29) is 5.56 Å². The van der Waals surface area contributed by atoms with Crippen molar-refractivity contribution in [2.24, 2.45) is 5.92 Å². The normalized spacial score (nSPS) is 11.5. The highest BCUT2D eigenvalue weighted by molar-refractivity contribution is 5.79. The van der Waals surface area contributed by atoms with Gasteiger partial charge in [-0.25, -0.2) is 0 Å². The number of aryl methyl sites for hydroxylation is 2. The summed E-state index contributed by atoms with van der Waals surface area (Å²) < 4.78 is 2.05. The van der Waals surface area contributed by atoms with Gasteiger partial charge < -0.3 is 9.55 Å². The minimum Gasteiger partial charge on any atom is -0.343 e. The maximum Gasteiger partial charge on any atom is 0.272 e. The SMILES string of the molecule is Cc1cc2ccn(CCC(C)C)c2c(=O)[nH]1. The van der Waals surface area contributed by atoms with Gasteiger partial charge in [0.05, 0.1) is 0 Å². The molecule has 3 nitrogen and oxygen atoms in total. The molecule has 1 N–H and O–H groups in total. The van der Waals surface area contributed by atoms with Crippen molar-refractivity contribution in [2.75, 3.05) is 0 Å². The lowest BCUT2D eigenvalue weighted by molar-refractivity contribution is 0.524. The number of hydrogen-bond donors (Lipinski definition) is 1. The number of rotatable bonds is 3. The van der Waals surface area contributed by atoms with Gasteiger partial charge in [-0.05, 0) is 31.4 Å². The summed E-state index contributed by atoms with van der Waals surface area (Å²) in [6.07, 6.45) is 3.10. The predicted molar refractivity (Wildman–Crippen MR) is 66.8 cm³/mol. The van der Waals surface area contributed by atoms with Crippen LogP contribution in [0.4, 0.5) is 0 Å². The van der Waals surface area contributed by atoms with E-state index >= 15 is 0 Å². The monoisotopic (exact) mass is 218 g/mol. The third-order valence-electron chi connectivity index (χ3n) is 2.84. The Kier molecular flexibility index (Phi) is 2.86. The summed E-state index contributed by atoms with van der Waals surface area (Å²) in [6, 6.07) is 4.03. The molecule has 0 amide bonds. The van der Waals surface area contributed by atoms with Crippen molar-refractivity contribution in [1.29, 1.82) is 0 Å². The first-order chi connectivity index (χ1) is 7.58. The molecule has 0 radical (unpaired) electrons. The Labute approximate surface area is 95.1 Å². The molecule has 2 heterocycles. The summed E-state index contributed by atoms with van der Waals surface area (Å²) in [6.45, 7) is 7.21. The highest BCUT2D eigenvalue weighted by Gasteiger charge is 2.06. The van der Waals surface area contributed by atoms with Crippen LogP contribution in [0.2, 0.25) is 0 Å². The van der Waals surface area contributed by atoms with E-state index in [9.17, 15) is 4.79 Å². The molecule has 0 aliphatic rings. The van der Waals surface area contributed by atoms with Crippen LogP contribution in [0, 0.1) is 12.8 Å². The number of hydrogen-bond acceptors (Lipinski definition) is 1. The molecule has 86 valence electrons. The first kappa shape index (κ1) is 11.0. The third-order valence-corrected chi connectivity index (χ3v) is 2.84. The van der Waals surface area contributed by atoms with Gasteiger partial charge in [0.2, 0.25) is 0 Å². The quantitative estimate of drug-likeness (QED) is 0.845. The van der Waals surface area contributed by atoms with Gasteiger partial charge in [0.1, 0.15) is 5.52 Å². The van der Waals surface area contributed by atoms with Crippen LogP contribution in [-0.2, 0) is 6.54 Å². The average Bonchev–Trinajstić information content (AvgIpc) is 2.57. The number of fused-ring (bicyclic) bond motifs is 1. The third kappa shape index (κ3) is 2.03. The van der Waals surface area contributed by atoms with Crippen molar-refractivity contribution in [1.82, 2.24) is 9.55 Å². The van der Waals surface area contributed by atoms with Gasteiger partial charge in [-0.2, -0.15) is 0 Å². The fraction of sp³-hybridized carbons (Fsp3) is 0.462. The average molecular weight is 218 g/mol. The Balaban J connectivity index is 2.44. The van der Waals surface area contributed by atoms with Gasteiger partial charge in [0.15, 0.2) is 0 Å². The van der Waals surface area contributed by atoms with Crippen molar-refractivity contribution in [3.05, 3.63) is 34.4 Å². The summed E-state index contributed by atoms with van der Waals surface area (Å²) in [7, 11) is 0. The highest BCUT2D eigenvalue weighted by Crippen LogP contribution is 2.13. The zero-order valence-corrected chi connectivity index (χ0v) is 10.1. The van der Waals surface area contributed by atoms with Crippen LogP contribution in [0.5, 0.6) is 0 Å². The van der Waals surface area contributed by atoms with Crippen LogP contribution < -0.4 is 5.56 Å². The van der Waals surface area contributed by atoms with Crippen molar-refractivity contribution in [2.45, 2.75) is 33.7 Å². The van der Waals surface area contributed by atoms with Crippen LogP contribution in [0.1, 0.15) is 26.0 Å². The van der Waals surface area contributed by atoms with E-state index in [2.05, 4.69) is 18.8 Å². The summed E-state index contributed by atoms with van der Waals surface area (Å²) in [5, 5.41) is 1.03. The number of nitrogens with zero attached hydrogens (tertiary/aromatic N) is 1. The van der Waals surface area contributed by atoms with Gasteiger partial charge >= 0.3 is 0 Å². The zero-order chi connectivity index (χ0) is 11.7. The van der Waals surface area contributed by atoms with E-state index in [1.807, 2.05) is 29.8 Å². The van der Waals surface area contributed by atoms with E-state index in [4.69, 9.17) is 0 Å². The molecular weight excluding hydrogens is 200 g/mol. The molecule has 2 aromatic rings. The highest BCUT2D eigenvalue weighted by atomic mass is 16.1. The van der Waals surface area contributed by atoms with Gasteiger partial charge in [-0.15, -0.1) is 0 Å². The lowest BCUT2D eigenvalue weighted by Gasteiger charge is -2.07. The maximum absolute atomic E-state index is 11.8. The molecule has 0 unspecified atom stereocenters. The number of nitrogens with one attached hydrogen (secondary N) is 1. The first-order valence-corrected chi connectivity index (χ1v) is 5.76. The largest absolute Gasteiger partial charge is 0.343 e. The molecule has 0 fully saturated rings. The predicted octanol–water partition coefficient (Wildman–Crippen LogP) is 2.68. The van der Waals surface area contributed by atoms with Crippen molar-refractivity contribution < 1.29 is 0 Å². The number of aromatic nitrogens is 2. The minimum absolute atomic E-state index is 0.0174. The molecule has 0 saturated heterocycles. The summed E-state index contributed by atoms with van der Waals surface area (Å²) in [5.41, 5.74) is 1.73. The molecule has 0 saturated carbocycles. The van der Waals surface area contributed by atoms with Crippen LogP contribution in [0.25, 0.3) is 10.9 Å². The first-order valence-electron chi connectivity index (χ1n) is 5.76. The molecule has 0 bridgehead atoms. The van der Waals surface area contributed by atoms with Crippen LogP contribution in [0.3, 0.4) is 0 Å². The Morgan fingerprint density at radius 2 is 2.19 bits per heavy atom. The number of pyridine rings is 1. The molecule has 0 aliphatic heterocycles. The fourth-order valence-corrected chi connectivity index (χ4v) is 1.96. The standard InChI is InChI=1S/C13H18N2O/c1-9(2)4-6-15-7-5-11-8-10(3)14-13(16)12(11)15/h5,7-9H,4,6H2,1-3H3,(H,14,16). The Bertz CT molecular complexity index is 549. The smallest absolute Gasteiger partial charge is 0.272 e. The molecule has 0 aliphatic carbocycles. The molecule has 0 atom stereocenters. The zero-order valence-electron chi connectivity index (χ0n) is 10.1. The van der Waals surface area contributed by atoms with E-state index in [0.29, 0.717) is 5.92 Å². The molecule has 16 heavy (non-hydrogen) atoms. The van der Waals surface area contributed by atoms with E-state index in [1.165, 1.54) is 0 Å². The van der Waals surface area contributed by atoms with Crippen molar-refractivity contribution in [3.63, 3.8) is 0 Å². The van der Waals surface area contributed by atoms with Crippen molar-refractivity contribution >= 4 is 10.9 Å². The Morgan fingerprint density at radius 3 is 2.88 bits per heavy atom. The molecule has 0 aromatic carbocycles. The second-order valence-corrected chi connectivity index (χ2v) is 4.78. The number of H-pyrrole nitrogens is 1. The maximum atomic E-state index is 11.8. The molecule has 2 aromatic heterocycles. The van der Waals surface area contributed by atoms with E-state index in [0.717, 1.165) is 29.6 Å². The molecule has 0 spiro atoms. The molecule has 2 rings (SSSR count). The van der Waals surface area contributed by atoms with Gasteiger partial charge in [-0.3, -0.25) is 4.79 Å². The second kappa shape index (κ2) is 4.16. The topological polar surface area (TPSA) is 37.8 Å². The number of aromatic amines is 1. The second-order valence-electron chi connectivity index (χ2n) is 4.78. The fourth-order valence-electron chi connectivity index (χ4n) is 1.96. The molecule has 3 heteroatoms. The van der Waals surface area contributed by atoms with Crippen LogP contribution in [0.15, 0.2) is 23.1 Å². The summed E-state index contributed by atoms with van der Waals surface area (Å²) in [5.74, 6) is 0.655. The van der Waals surface area contributed by atoms with E-state index < -0.39 is 0 Å². The van der Waals surface area contributed by atoms with Gasteiger partial charge in [0.25, 0.3) is 5.56 Å². The summed E-state index contributed by atoms with van der Waals surface area (Å²) in [4.78, 5) is 14.7. The van der Waals surface area contributed by atoms with E-state index in [1.54, 1.807) is 0 Å². The van der Waals surface area contributed by atoms with Crippen molar-refractivity contribution in [3.8, 4) is 0 Å². The Morgan fingerprint density at radius 1 is 1.44 bits per heavy atom.